The lowest BCUT2D eigenvalue weighted by Gasteiger charge is -2.26. The van der Waals surface area contributed by atoms with Crippen molar-refractivity contribution < 1.29 is 0 Å². The molecule has 1 heterocycles. The van der Waals surface area contributed by atoms with Crippen molar-refractivity contribution in [3.05, 3.63) is 23.9 Å². The van der Waals surface area contributed by atoms with Gasteiger partial charge in [-0.05, 0) is 25.5 Å². The summed E-state index contributed by atoms with van der Waals surface area (Å²) in [6, 6.07) is 0. The summed E-state index contributed by atoms with van der Waals surface area (Å²) in [6.07, 6.45) is 8.70. The lowest BCUT2D eigenvalue weighted by Crippen LogP contribution is -2.27. The molecule has 0 bridgehead atoms. The SMILES string of the molecule is CCCCN1C=CC(C)=CC1Cl. The van der Waals surface area contributed by atoms with Gasteiger partial charge in [0.2, 0.25) is 0 Å². The first kappa shape index (κ1) is 9.66. The van der Waals surface area contributed by atoms with Gasteiger partial charge in [0.25, 0.3) is 0 Å². The Morgan fingerprint density at radius 1 is 1.58 bits per heavy atom. The number of hydrogen-bond donors (Lipinski definition) is 0. The van der Waals surface area contributed by atoms with E-state index in [-0.39, 0.29) is 5.50 Å². The van der Waals surface area contributed by atoms with Gasteiger partial charge in [0.15, 0.2) is 0 Å². The van der Waals surface area contributed by atoms with Crippen molar-refractivity contribution >= 4 is 11.6 Å². The number of nitrogens with zero attached hydrogens (tertiary/aromatic N) is 1. The Bertz CT molecular complexity index is 196. The van der Waals surface area contributed by atoms with Crippen LogP contribution in [-0.4, -0.2) is 16.9 Å². The van der Waals surface area contributed by atoms with Crippen LogP contribution in [0.25, 0.3) is 0 Å². The highest BCUT2D eigenvalue weighted by molar-refractivity contribution is 6.21. The molecule has 0 saturated carbocycles. The number of hydrogen-bond acceptors (Lipinski definition) is 1. The molecule has 0 radical (unpaired) electrons. The molecule has 0 amide bonds. The van der Waals surface area contributed by atoms with E-state index in [1.807, 2.05) is 0 Å². The molecule has 0 fully saturated rings. The fraction of sp³-hybridized carbons (Fsp3) is 0.600. The van der Waals surface area contributed by atoms with Gasteiger partial charge in [-0.15, -0.1) is 0 Å². The van der Waals surface area contributed by atoms with Gasteiger partial charge >= 0.3 is 0 Å². The molecule has 0 saturated heterocycles. The fourth-order valence-electron chi connectivity index (χ4n) is 1.20. The molecule has 0 spiro atoms. The van der Waals surface area contributed by atoms with Crippen molar-refractivity contribution in [2.45, 2.75) is 32.2 Å². The van der Waals surface area contributed by atoms with E-state index in [0.717, 1.165) is 6.54 Å². The van der Waals surface area contributed by atoms with E-state index < -0.39 is 0 Å². The Kier molecular flexibility index (Phi) is 3.67. The molecule has 1 rings (SSSR count). The molecular formula is C10H16ClN. The maximum absolute atomic E-state index is 6.11. The van der Waals surface area contributed by atoms with Crippen LogP contribution in [0, 0.1) is 0 Å². The van der Waals surface area contributed by atoms with Crippen LogP contribution in [0.3, 0.4) is 0 Å². The van der Waals surface area contributed by atoms with Gasteiger partial charge in [-0.3, -0.25) is 0 Å². The molecule has 0 aromatic rings. The minimum Gasteiger partial charge on any atom is -0.358 e. The smallest absolute Gasteiger partial charge is 0.123 e. The second-order valence-corrected chi connectivity index (χ2v) is 3.64. The molecule has 12 heavy (non-hydrogen) atoms. The summed E-state index contributed by atoms with van der Waals surface area (Å²) in [5, 5.41) is 0. The Morgan fingerprint density at radius 3 is 2.92 bits per heavy atom. The summed E-state index contributed by atoms with van der Waals surface area (Å²) >= 11 is 6.11. The predicted octanol–water partition coefficient (Wildman–Crippen LogP) is 3.13. The zero-order chi connectivity index (χ0) is 8.97. The molecule has 1 atom stereocenters. The highest BCUT2D eigenvalue weighted by Crippen LogP contribution is 2.16. The maximum Gasteiger partial charge on any atom is 0.123 e. The highest BCUT2D eigenvalue weighted by atomic mass is 35.5. The van der Waals surface area contributed by atoms with Crippen LogP contribution < -0.4 is 0 Å². The summed E-state index contributed by atoms with van der Waals surface area (Å²) in [5.74, 6) is 0. The van der Waals surface area contributed by atoms with Crippen molar-refractivity contribution in [1.29, 1.82) is 0 Å². The Balaban J connectivity index is 2.43. The van der Waals surface area contributed by atoms with Crippen LogP contribution in [0.2, 0.25) is 0 Å². The topological polar surface area (TPSA) is 3.24 Å². The third-order valence-electron chi connectivity index (χ3n) is 2.02. The average Bonchev–Trinajstić information content (AvgIpc) is 2.03. The van der Waals surface area contributed by atoms with Crippen LogP contribution in [0.5, 0.6) is 0 Å². The summed E-state index contributed by atoms with van der Waals surface area (Å²) in [6.45, 7) is 5.33. The monoisotopic (exact) mass is 185 g/mol. The molecule has 0 N–H and O–H groups in total. The minimum absolute atomic E-state index is 0.0570. The third kappa shape index (κ3) is 2.56. The molecule has 0 aliphatic carbocycles. The van der Waals surface area contributed by atoms with Crippen molar-refractivity contribution in [2.75, 3.05) is 6.54 Å². The number of unbranched alkanes of at least 4 members (excludes halogenated alkanes) is 1. The molecule has 1 aliphatic heterocycles. The second kappa shape index (κ2) is 4.56. The summed E-state index contributed by atoms with van der Waals surface area (Å²) in [4.78, 5) is 2.16. The van der Waals surface area contributed by atoms with Crippen LogP contribution in [0.1, 0.15) is 26.7 Å². The van der Waals surface area contributed by atoms with Crippen molar-refractivity contribution in [1.82, 2.24) is 4.90 Å². The van der Waals surface area contributed by atoms with Crippen molar-refractivity contribution in [3.63, 3.8) is 0 Å². The number of alkyl halides is 1. The lowest BCUT2D eigenvalue weighted by atomic mass is 10.2. The highest BCUT2D eigenvalue weighted by Gasteiger charge is 2.11. The molecule has 2 heteroatoms. The van der Waals surface area contributed by atoms with Crippen LogP contribution in [0.4, 0.5) is 0 Å². The molecule has 1 unspecified atom stereocenters. The quantitative estimate of drug-likeness (QED) is 0.483. The molecule has 1 aliphatic rings. The van der Waals surface area contributed by atoms with Crippen LogP contribution >= 0.6 is 11.6 Å². The van der Waals surface area contributed by atoms with E-state index in [9.17, 15) is 0 Å². The fourth-order valence-corrected chi connectivity index (χ4v) is 1.56. The predicted molar refractivity (Wildman–Crippen MR) is 54.2 cm³/mol. The van der Waals surface area contributed by atoms with Gasteiger partial charge in [-0.2, -0.15) is 0 Å². The third-order valence-corrected chi connectivity index (χ3v) is 2.39. The van der Waals surface area contributed by atoms with E-state index in [2.05, 4.69) is 37.1 Å². The van der Waals surface area contributed by atoms with Gasteiger partial charge < -0.3 is 4.90 Å². The Morgan fingerprint density at radius 2 is 2.33 bits per heavy atom. The molecule has 0 aromatic carbocycles. The Labute approximate surface area is 79.7 Å². The van der Waals surface area contributed by atoms with Gasteiger partial charge in [0.05, 0.1) is 0 Å². The second-order valence-electron chi connectivity index (χ2n) is 3.19. The summed E-state index contributed by atoms with van der Waals surface area (Å²) < 4.78 is 0. The number of halogens is 1. The zero-order valence-electron chi connectivity index (χ0n) is 7.76. The summed E-state index contributed by atoms with van der Waals surface area (Å²) in [7, 11) is 0. The van der Waals surface area contributed by atoms with E-state index in [1.165, 1.54) is 18.4 Å². The van der Waals surface area contributed by atoms with Gasteiger partial charge in [-0.1, -0.05) is 30.5 Å². The first-order chi connectivity index (χ1) is 5.74. The number of rotatable bonds is 3. The van der Waals surface area contributed by atoms with E-state index in [0.29, 0.717) is 0 Å². The van der Waals surface area contributed by atoms with Crippen molar-refractivity contribution in [3.8, 4) is 0 Å². The molecule has 0 aromatic heterocycles. The lowest BCUT2D eigenvalue weighted by molar-refractivity contribution is 0.371. The van der Waals surface area contributed by atoms with Crippen LogP contribution in [0.15, 0.2) is 23.9 Å². The zero-order valence-corrected chi connectivity index (χ0v) is 8.51. The summed E-state index contributed by atoms with van der Waals surface area (Å²) in [5.41, 5.74) is 1.31. The molecule has 1 nitrogen and oxygen atoms in total. The van der Waals surface area contributed by atoms with E-state index in [4.69, 9.17) is 11.6 Å². The van der Waals surface area contributed by atoms with Gasteiger partial charge in [0.1, 0.15) is 5.50 Å². The first-order valence-corrected chi connectivity index (χ1v) is 4.94. The van der Waals surface area contributed by atoms with Gasteiger partial charge in [0, 0.05) is 12.7 Å². The maximum atomic E-state index is 6.11. The number of allylic oxidation sites excluding steroid dienone is 2. The standard InChI is InChI=1S/C10H16ClN/c1-3-4-6-12-7-5-9(2)8-10(12)11/h5,7-8,10H,3-4,6H2,1-2H3. The normalized spacial score (nSPS) is 22.8. The van der Waals surface area contributed by atoms with E-state index in [1.54, 1.807) is 0 Å². The van der Waals surface area contributed by atoms with Crippen LogP contribution in [-0.2, 0) is 0 Å². The largest absolute Gasteiger partial charge is 0.358 e. The van der Waals surface area contributed by atoms with E-state index >= 15 is 0 Å². The first-order valence-electron chi connectivity index (χ1n) is 4.50. The Hall–Kier alpha value is -0.430. The minimum atomic E-state index is 0.0570. The van der Waals surface area contributed by atoms with Gasteiger partial charge in [-0.25, -0.2) is 0 Å². The molecule has 68 valence electrons. The van der Waals surface area contributed by atoms with Crippen molar-refractivity contribution in [2.24, 2.45) is 0 Å². The average molecular weight is 186 g/mol. The molecular weight excluding hydrogens is 170 g/mol.